The van der Waals surface area contributed by atoms with E-state index in [0.29, 0.717) is 27.7 Å². The highest BCUT2D eigenvalue weighted by Crippen LogP contribution is 2.33. The second-order valence-electron chi connectivity index (χ2n) is 6.86. The predicted octanol–water partition coefficient (Wildman–Crippen LogP) is 6.45. The van der Waals surface area contributed by atoms with Gasteiger partial charge >= 0.3 is 12.1 Å². The summed E-state index contributed by atoms with van der Waals surface area (Å²) in [5.74, 6) is -0.291. The molecule has 150 valence electrons. The van der Waals surface area contributed by atoms with Crippen LogP contribution in [0.4, 0.5) is 13.2 Å². The molecule has 0 unspecified atom stereocenters. The van der Waals surface area contributed by atoms with E-state index in [-0.39, 0.29) is 5.75 Å². The number of hydrogen-bond donors (Lipinski definition) is 0. The van der Waals surface area contributed by atoms with Crippen LogP contribution < -0.4 is 4.74 Å². The van der Waals surface area contributed by atoms with Crippen molar-refractivity contribution in [3.05, 3.63) is 95.6 Å². The van der Waals surface area contributed by atoms with E-state index in [4.69, 9.17) is 4.74 Å². The summed E-state index contributed by atoms with van der Waals surface area (Å²) in [4.78, 5) is 17.0. The Morgan fingerprint density at radius 2 is 1.63 bits per heavy atom. The van der Waals surface area contributed by atoms with Crippen molar-refractivity contribution in [2.24, 2.45) is 0 Å². The number of nitrogens with zero attached hydrogens (tertiary/aromatic N) is 1. The van der Waals surface area contributed by atoms with Crippen LogP contribution in [0, 0.1) is 6.92 Å². The molecule has 3 aromatic carbocycles. The lowest BCUT2D eigenvalue weighted by atomic mass is 10.1. The van der Waals surface area contributed by atoms with Crippen molar-refractivity contribution < 1.29 is 22.7 Å². The van der Waals surface area contributed by atoms with Crippen molar-refractivity contribution in [1.29, 1.82) is 0 Å². The molecular formula is C24H16F3NO2. The summed E-state index contributed by atoms with van der Waals surface area (Å²) < 4.78 is 44.7. The van der Waals surface area contributed by atoms with Crippen molar-refractivity contribution in [1.82, 2.24) is 4.98 Å². The molecule has 3 nitrogen and oxygen atoms in total. The Bertz CT molecular complexity index is 1230. The highest BCUT2D eigenvalue weighted by atomic mass is 19.4. The first-order valence-electron chi connectivity index (χ1n) is 9.17. The molecule has 0 atom stereocenters. The van der Waals surface area contributed by atoms with E-state index in [0.717, 1.165) is 17.7 Å². The molecular weight excluding hydrogens is 391 g/mol. The van der Waals surface area contributed by atoms with Gasteiger partial charge in [-0.15, -0.1) is 0 Å². The Balaban J connectivity index is 1.72. The summed E-state index contributed by atoms with van der Waals surface area (Å²) >= 11 is 0. The first-order valence-corrected chi connectivity index (χ1v) is 9.17. The van der Waals surface area contributed by atoms with E-state index < -0.39 is 17.7 Å². The lowest BCUT2D eigenvalue weighted by Gasteiger charge is -2.11. The van der Waals surface area contributed by atoms with Gasteiger partial charge in [0, 0.05) is 10.9 Å². The van der Waals surface area contributed by atoms with Crippen LogP contribution in [0.25, 0.3) is 22.2 Å². The number of halogens is 3. The molecule has 0 bridgehead atoms. The van der Waals surface area contributed by atoms with Crippen LogP contribution in [-0.4, -0.2) is 11.0 Å². The molecule has 0 amide bonds. The van der Waals surface area contributed by atoms with E-state index in [1.54, 1.807) is 48.5 Å². The molecule has 0 radical (unpaired) electrons. The molecule has 0 spiro atoms. The topological polar surface area (TPSA) is 39.2 Å². The lowest BCUT2D eigenvalue weighted by molar-refractivity contribution is -0.137. The number of pyridine rings is 1. The van der Waals surface area contributed by atoms with E-state index in [2.05, 4.69) is 4.98 Å². The molecule has 0 aliphatic heterocycles. The standard InChI is InChI=1S/C24H16F3NO2/c1-15-8-10-17(11-9-15)23(29)30-21-7-3-4-16-12-13-20(28-22(16)21)18-5-2-6-19(14-18)24(25,26)27/h2-14H,1H3. The van der Waals surface area contributed by atoms with E-state index in [1.165, 1.54) is 6.07 Å². The highest BCUT2D eigenvalue weighted by Gasteiger charge is 2.30. The second-order valence-corrected chi connectivity index (χ2v) is 6.86. The maximum absolute atomic E-state index is 13.1. The van der Waals surface area contributed by atoms with Gasteiger partial charge in [0.25, 0.3) is 0 Å². The number of esters is 1. The first kappa shape index (κ1) is 19.6. The van der Waals surface area contributed by atoms with Gasteiger partial charge in [0.1, 0.15) is 5.52 Å². The third kappa shape index (κ3) is 4.03. The van der Waals surface area contributed by atoms with Crippen LogP contribution in [0.2, 0.25) is 0 Å². The number of aryl methyl sites for hydroxylation is 1. The van der Waals surface area contributed by atoms with Crippen LogP contribution in [0.15, 0.2) is 78.9 Å². The number of para-hydroxylation sites is 1. The van der Waals surface area contributed by atoms with E-state index in [9.17, 15) is 18.0 Å². The van der Waals surface area contributed by atoms with Gasteiger partial charge in [-0.25, -0.2) is 9.78 Å². The second kappa shape index (κ2) is 7.63. The molecule has 4 aromatic rings. The largest absolute Gasteiger partial charge is 0.421 e. The molecule has 0 saturated carbocycles. The average Bonchev–Trinajstić information content (AvgIpc) is 2.73. The Kier molecular flexibility index (Phi) is 4.99. The summed E-state index contributed by atoms with van der Waals surface area (Å²) in [7, 11) is 0. The third-order valence-corrected chi connectivity index (χ3v) is 4.66. The predicted molar refractivity (Wildman–Crippen MR) is 108 cm³/mol. The van der Waals surface area contributed by atoms with Gasteiger partial charge in [0.2, 0.25) is 0 Å². The van der Waals surface area contributed by atoms with Gasteiger partial charge < -0.3 is 4.74 Å². The molecule has 30 heavy (non-hydrogen) atoms. The van der Waals surface area contributed by atoms with Crippen molar-refractivity contribution in [2.45, 2.75) is 13.1 Å². The molecule has 1 heterocycles. The number of alkyl halides is 3. The van der Waals surface area contributed by atoms with Crippen molar-refractivity contribution >= 4 is 16.9 Å². The number of rotatable bonds is 3. The Hall–Kier alpha value is -3.67. The molecule has 0 aliphatic carbocycles. The van der Waals surface area contributed by atoms with Gasteiger partial charge in [-0.05, 0) is 43.3 Å². The van der Waals surface area contributed by atoms with E-state index in [1.807, 2.05) is 19.1 Å². The number of carbonyl (C=O) groups excluding carboxylic acids is 1. The van der Waals surface area contributed by atoms with Crippen LogP contribution in [0.5, 0.6) is 5.75 Å². The number of benzene rings is 3. The Morgan fingerprint density at radius 3 is 2.37 bits per heavy atom. The number of carbonyl (C=O) groups is 1. The highest BCUT2D eigenvalue weighted by molar-refractivity contribution is 5.94. The zero-order valence-corrected chi connectivity index (χ0v) is 15.9. The maximum Gasteiger partial charge on any atom is 0.416 e. The number of ether oxygens (including phenoxy) is 1. The summed E-state index contributed by atoms with van der Waals surface area (Å²) in [6.07, 6.45) is -4.44. The fourth-order valence-electron chi connectivity index (χ4n) is 3.07. The average molecular weight is 407 g/mol. The molecule has 0 aliphatic rings. The molecule has 4 rings (SSSR count). The fourth-order valence-corrected chi connectivity index (χ4v) is 3.07. The van der Waals surface area contributed by atoms with Gasteiger partial charge in [0.05, 0.1) is 16.8 Å². The van der Waals surface area contributed by atoms with Gasteiger partial charge in [-0.2, -0.15) is 13.2 Å². The minimum Gasteiger partial charge on any atom is -0.421 e. The van der Waals surface area contributed by atoms with Crippen LogP contribution in [-0.2, 0) is 6.18 Å². The lowest BCUT2D eigenvalue weighted by Crippen LogP contribution is -2.09. The minimum atomic E-state index is -4.44. The van der Waals surface area contributed by atoms with Gasteiger partial charge in [0.15, 0.2) is 5.75 Å². The summed E-state index contributed by atoms with van der Waals surface area (Å²) in [5.41, 5.74) is 1.74. The molecule has 0 N–H and O–H groups in total. The number of fused-ring (bicyclic) bond motifs is 1. The molecule has 6 heteroatoms. The fraction of sp³-hybridized carbons (Fsp3) is 0.0833. The summed E-state index contributed by atoms with van der Waals surface area (Å²) in [6, 6.07) is 20.4. The Labute approximate surface area is 170 Å². The smallest absolute Gasteiger partial charge is 0.416 e. The minimum absolute atomic E-state index is 0.243. The number of hydrogen-bond acceptors (Lipinski definition) is 3. The zero-order chi connectivity index (χ0) is 21.3. The normalized spacial score (nSPS) is 11.5. The monoisotopic (exact) mass is 407 g/mol. The third-order valence-electron chi connectivity index (χ3n) is 4.66. The van der Waals surface area contributed by atoms with Crippen molar-refractivity contribution in [2.75, 3.05) is 0 Å². The van der Waals surface area contributed by atoms with Gasteiger partial charge in [-0.1, -0.05) is 48.0 Å². The van der Waals surface area contributed by atoms with Crippen molar-refractivity contribution in [3.8, 4) is 17.0 Å². The Morgan fingerprint density at radius 1 is 0.900 bits per heavy atom. The van der Waals surface area contributed by atoms with Crippen LogP contribution >= 0.6 is 0 Å². The SMILES string of the molecule is Cc1ccc(C(=O)Oc2cccc3ccc(-c4cccc(C(F)(F)F)c4)nc23)cc1. The quantitative estimate of drug-likeness (QED) is 0.289. The van der Waals surface area contributed by atoms with E-state index >= 15 is 0 Å². The van der Waals surface area contributed by atoms with Crippen LogP contribution in [0.1, 0.15) is 21.5 Å². The van der Waals surface area contributed by atoms with Crippen molar-refractivity contribution in [3.63, 3.8) is 0 Å². The van der Waals surface area contributed by atoms with Crippen LogP contribution in [0.3, 0.4) is 0 Å². The molecule has 0 fully saturated rings. The number of aromatic nitrogens is 1. The molecule has 0 saturated heterocycles. The zero-order valence-electron chi connectivity index (χ0n) is 15.9. The summed E-state index contributed by atoms with van der Waals surface area (Å²) in [5, 5.41) is 0.708. The first-order chi connectivity index (χ1) is 14.3. The summed E-state index contributed by atoms with van der Waals surface area (Å²) in [6.45, 7) is 1.92. The molecule has 1 aromatic heterocycles. The maximum atomic E-state index is 13.1. The van der Waals surface area contributed by atoms with Gasteiger partial charge in [-0.3, -0.25) is 0 Å².